The molecule has 142 valence electrons. The van der Waals surface area contributed by atoms with Gasteiger partial charge in [0.05, 0.1) is 17.3 Å². The third-order valence-electron chi connectivity index (χ3n) is 5.43. The molecule has 0 bridgehead atoms. The van der Waals surface area contributed by atoms with E-state index in [2.05, 4.69) is 15.3 Å². The van der Waals surface area contributed by atoms with E-state index in [4.69, 9.17) is 0 Å². The molecule has 27 heavy (non-hydrogen) atoms. The molecule has 2 aliphatic rings. The summed E-state index contributed by atoms with van der Waals surface area (Å²) in [5, 5.41) is 3.41. The Balaban J connectivity index is 1.56. The largest absolute Gasteiger partial charge is 0.416 e. The Morgan fingerprint density at radius 1 is 1.19 bits per heavy atom. The number of rotatable bonds is 2. The number of halogens is 3. The van der Waals surface area contributed by atoms with Crippen molar-refractivity contribution in [2.45, 2.75) is 37.0 Å². The fourth-order valence-corrected chi connectivity index (χ4v) is 3.89. The van der Waals surface area contributed by atoms with Gasteiger partial charge in [0.2, 0.25) is 5.91 Å². The van der Waals surface area contributed by atoms with E-state index in [9.17, 15) is 18.0 Å². The minimum Gasteiger partial charge on any atom is -0.344 e. The average Bonchev–Trinajstić information content (AvgIpc) is 3.21. The predicted molar refractivity (Wildman–Crippen MR) is 92.6 cm³/mol. The lowest BCUT2D eigenvalue weighted by atomic mass is 9.96. The van der Waals surface area contributed by atoms with Gasteiger partial charge in [0, 0.05) is 25.4 Å². The fraction of sp³-hybridized carbons (Fsp3) is 0.421. The number of hydrogen-bond acceptors (Lipinski definition) is 4. The van der Waals surface area contributed by atoms with Gasteiger partial charge < -0.3 is 4.90 Å². The Bertz CT molecular complexity index is 868. The number of hydrogen-bond donors (Lipinski definition) is 1. The topological polar surface area (TPSA) is 58.1 Å². The third kappa shape index (κ3) is 3.18. The van der Waals surface area contributed by atoms with Crippen molar-refractivity contribution >= 4 is 5.91 Å². The van der Waals surface area contributed by atoms with E-state index in [0.29, 0.717) is 17.1 Å². The standard InChI is InChI=1S/C19H19F3N4O/c1-26-11-9-18(17(26)27)8-6-15(25-18)16-23-10-7-14(24-16)12-2-4-13(5-3-12)19(20,21)22/h2-5,7,10,15,25H,6,8-9,11H2,1H3/t15-,18-/m1/s1. The minimum absolute atomic E-state index is 0.101. The molecule has 4 rings (SSSR count). The van der Waals surface area contributed by atoms with Crippen LogP contribution in [-0.4, -0.2) is 39.9 Å². The molecule has 2 aromatic rings. The molecule has 5 nitrogen and oxygen atoms in total. The predicted octanol–water partition coefficient (Wildman–Crippen LogP) is 3.19. The van der Waals surface area contributed by atoms with E-state index >= 15 is 0 Å². The highest BCUT2D eigenvalue weighted by molar-refractivity contribution is 5.88. The number of likely N-dealkylation sites (tertiary alicyclic amines) is 1. The molecule has 0 radical (unpaired) electrons. The van der Waals surface area contributed by atoms with Crippen LogP contribution in [0.15, 0.2) is 36.5 Å². The van der Waals surface area contributed by atoms with E-state index in [-0.39, 0.29) is 11.9 Å². The number of carbonyl (C=O) groups excluding carboxylic acids is 1. The summed E-state index contributed by atoms with van der Waals surface area (Å²) < 4.78 is 38.2. The van der Waals surface area contributed by atoms with Gasteiger partial charge in [-0.3, -0.25) is 10.1 Å². The van der Waals surface area contributed by atoms with Crippen molar-refractivity contribution in [1.29, 1.82) is 0 Å². The SMILES string of the molecule is CN1CC[C@]2(CC[C@H](c3nccc(-c4ccc(C(F)(F)F)cc4)n3)N2)C1=O. The smallest absolute Gasteiger partial charge is 0.344 e. The minimum atomic E-state index is -4.36. The quantitative estimate of drug-likeness (QED) is 0.875. The Morgan fingerprint density at radius 3 is 2.56 bits per heavy atom. The molecule has 0 saturated carbocycles. The highest BCUT2D eigenvalue weighted by atomic mass is 19.4. The van der Waals surface area contributed by atoms with Crippen molar-refractivity contribution < 1.29 is 18.0 Å². The summed E-state index contributed by atoms with van der Waals surface area (Å²) in [6.07, 6.45) is -0.523. The highest BCUT2D eigenvalue weighted by Crippen LogP contribution is 2.38. The van der Waals surface area contributed by atoms with Crippen LogP contribution in [0.2, 0.25) is 0 Å². The number of amides is 1. The number of aromatic nitrogens is 2. The van der Waals surface area contributed by atoms with E-state index < -0.39 is 17.3 Å². The summed E-state index contributed by atoms with van der Waals surface area (Å²) in [5.74, 6) is 0.663. The van der Waals surface area contributed by atoms with Crippen LogP contribution >= 0.6 is 0 Å². The molecule has 0 unspecified atom stereocenters. The molecule has 2 aliphatic heterocycles. The van der Waals surface area contributed by atoms with Crippen LogP contribution in [0.1, 0.15) is 36.7 Å². The van der Waals surface area contributed by atoms with Crippen LogP contribution in [0, 0.1) is 0 Å². The molecular weight excluding hydrogens is 357 g/mol. The van der Waals surface area contributed by atoms with Gasteiger partial charge in [0.15, 0.2) is 0 Å². The molecule has 1 N–H and O–H groups in total. The van der Waals surface area contributed by atoms with Crippen molar-refractivity contribution in [1.82, 2.24) is 20.2 Å². The zero-order valence-electron chi connectivity index (χ0n) is 14.8. The molecular formula is C19H19F3N4O. The molecule has 3 heterocycles. The second kappa shape index (κ2) is 6.30. The van der Waals surface area contributed by atoms with Gasteiger partial charge >= 0.3 is 6.18 Å². The number of nitrogens with zero attached hydrogens (tertiary/aromatic N) is 3. The summed E-state index contributed by atoms with van der Waals surface area (Å²) in [7, 11) is 1.80. The van der Waals surface area contributed by atoms with Crippen molar-refractivity contribution in [3.05, 3.63) is 47.9 Å². The van der Waals surface area contributed by atoms with Crippen LogP contribution in [-0.2, 0) is 11.0 Å². The van der Waals surface area contributed by atoms with E-state index in [1.807, 2.05) is 0 Å². The van der Waals surface area contributed by atoms with Crippen LogP contribution in [0.3, 0.4) is 0 Å². The molecule has 1 aromatic carbocycles. The fourth-order valence-electron chi connectivity index (χ4n) is 3.89. The van der Waals surface area contributed by atoms with Gasteiger partial charge in [-0.1, -0.05) is 12.1 Å². The molecule has 2 fully saturated rings. The van der Waals surface area contributed by atoms with Crippen molar-refractivity contribution in [2.75, 3.05) is 13.6 Å². The summed E-state index contributed by atoms with van der Waals surface area (Å²) in [6, 6.07) is 6.45. The van der Waals surface area contributed by atoms with E-state index in [1.165, 1.54) is 12.1 Å². The normalized spacial score (nSPS) is 25.6. The monoisotopic (exact) mass is 376 g/mol. The number of carbonyl (C=O) groups is 1. The maximum atomic E-state index is 12.7. The van der Waals surface area contributed by atoms with Crippen LogP contribution in [0.25, 0.3) is 11.3 Å². The highest BCUT2D eigenvalue weighted by Gasteiger charge is 2.50. The lowest BCUT2D eigenvalue weighted by molar-refractivity contribution is -0.137. The molecule has 1 aromatic heterocycles. The summed E-state index contributed by atoms with van der Waals surface area (Å²) in [4.78, 5) is 23.0. The molecule has 2 atom stereocenters. The van der Waals surface area contributed by atoms with Crippen LogP contribution in [0.5, 0.6) is 0 Å². The van der Waals surface area contributed by atoms with Crippen molar-refractivity contribution in [3.63, 3.8) is 0 Å². The number of benzene rings is 1. The Kier molecular flexibility index (Phi) is 4.18. The zero-order valence-corrected chi connectivity index (χ0v) is 14.8. The number of likely N-dealkylation sites (N-methyl/N-ethyl adjacent to an activating group) is 1. The van der Waals surface area contributed by atoms with Gasteiger partial charge in [0.1, 0.15) is 11.4 Å². The maximum absolute atomic E-state index is 12.7. The lowest BCUT2D eigenvalue weighted by Crippen LogP contribution is -2.47. The van der Waals surface area contributed by atoms with Gasteiger partial charge in [-0.15, -0.1) is 0 Å². The zero-order chi connectivity index (χ0) is 19.2. The second-order valence-electron chi connectivity index (χ2n) is 7.17. The first-order valence-electron chi connectivity index (χ1n) is 8.82. The van der Waals surface area contributed by atoms with Gasteiger partial charge in [0.25, 0.3) is 0 Å². The van der Waals surface area contributed by atoms with Gasteiger partial charge in [-0.05, 0) is 37.5 Å². The van der Waals surface area contributed by atoms with Crippen LogP contribution < -0.4 is 5.32 Å². The Labute approximate surface area is 154 Å². The molecule has 1 amide bonds. The first kappa shape index (κ1) is 17.9. The van der Waals surface area contributed by atoms with Crippen LogP contribution in [0.4, 0.5) is 13.2 Å². The van der Waals surface area contributed by atoms with Gasteiger partial charge in [-0.25, -0.2) is 9.97 Å². The van der Waals surface area contributed by atoms with E-state index in [0.717, 1.165) is 37.9 Å². The Morgan fingerprint density at radius 2 is 1.93 bits per heavy atom. The third-order valence-corrected chi connectivity index (χ3v) is 5.43. The molecule has 8 heteroatoms. The van der Waals surface area contributed by atoms with Gasteiger partial charge in [-0.2, -0.15) is 13.2 Å². The van der Waals surface area contributed by atoms with E-state index in [1.54, 1.807) is 24.2 Å². The average molecular weight is 376 g/mol. The summed E-state index contributed by atoms with van der Waals surface area (Å²) in [5.41, 5.74) is -0.0705. The van der Waals surface area contributed by atoms with Crippen molar-refractivity contribution in [2.24, 2.45) is 0 Å². The van der Waals surface area contributed by atoms with Crippen molar-refractivity contribution in [3.8, 4) is 11.3 Å². The lowest BCUT2D eigenvalue weighted by Gasteiger charge is -2.23. The first-order valence-corrected chi connectivity index (χ1v) is 8.82. The molecule has 0 aliphatic carbocycles. The second-order valence-corrected chi connectivity index (χ2v) is 7.17. The first-order chi connectivity index (χ1) is 12.8. The maximum Gasteiger partial charge on any atom is 0.416 e. The Hall–Kier alpha value is -2.48. The summed E-state index contributed by atoms with van der Waals surface area (Å²) >= 11 is 0. The molecule has 2 saturated heterocycles. The summed E-state index contributed by atoms with van der Waals surface area (Å²) in [6.45, 7) is 0.727. The molecule has 1 spiro atoms. The number of alkyl halides is 3. The number of nitrogens with one attached hydrogen (secondary N) is 1.